The van der Waals surface area contributed by atoms with Gasteiger partial charge in [0.1, 0.15) is 5.65 Å². The average molecular weight is 355 g/mol. The Hall–Kier alpha value is -2.50. The number of nitrogens with zero attached hydrogens (tertiary/aromatic N) is 4. The molecule has 0 amide bonds. The van der Waals surface area contributed by atoms with Crippen LogP contribution >= 0.6 is 0 Å². The molecule has 1 N–H and O–H groups in total. The number of nitriles is 1. The van der Waals surface area contributed by atoms with E-state index in [2.05, 4.69) is 15.0 Å². The summed E-state index contributed by atoms with van der Waals surface area (Å²) in [5.41, 5.74) is 1.85. The summed E-state index contributed by atoms with van der Waals surface area (Å²) >= 11 is 0. The van der Waals surface area contributed by atoms with Crippen LogP contribution in [0.4, 0.5) is 0 Å². The molecule has 1 atom stereocenters. The lowest BCUT2D eigenvalue weighted by Crippen LogP contribution is -2.40. The fraction of sp³-hybridized carbons (Fsp3) is 0.353. The van der Waals surface area contributed by atoms with Crippen LogP contribution in [0.25, 0.3) is 21.8 Å². The lowest BCUT2D eigenvalue weighted by atomic mass is 9.89. The number of H-pyrrole nitrogens is 1. The van der Waals surface area contributed by atoms with E-state index in [1.807, 2.05) is 18.5 Å². The van der Waals surface area contributed by atoms with Crippen LogP contribution in [0.3, 0.4) is 0 Å². The zero-order valence-electron chi connectivity index (χ0n) is 13.5. The molecule has 128 valence electrons. The number of hydrogen-bond donors (Lipinski definition) is 1. The molecule has 4 rings (SSSR count). The lowest BCUT2D eigenvalue weighted by Gasteiger charge is -2.32. The predicted octanol–water partition coefficient (Wildman–Crippen LogP) is 2.14. The van der Waals surface area contributed by atoms with Crippen molar-refractivity contribution in [3.05, 3.63) is 36.4 Å². The highest BCUT2D eigenvalue weighted by Crippen LogP contribution is 2.35. The molecule has 4 heterocycles. The Balaban J connectivity index is 1.79. The van der Waals surface area contributed by atoms with Gasteiger partial charge in [0.25, 0.3) is 0 Å². The van der Waals surface area contributed by atoms with Crippen molar-refractivity contribution < 1.29 is 8.42 Å². The van der Waals surface area contributed by atoms with Gasteiger partial charge in [-0.2, -0.15) is 5.26 Å². The van der Waals surface area contributed by atoms with Gasteiger partial charge >= 0.3 is 0 Å². The Morgan fingerprint density at radius 1 is 1.36 bits per heavy atom. The molecule has 0 aromatic carbocycles. The van der Waals surface area contributed by atoms with E-state index in [0.29, 0.717) is 13.1 Å². The van der Waals surface area contributed by atoms with E-state index in [9.17, 15) is 8.42 Å². The summed E-state index contributed by atoms with van der Waals surface area (Å²) in [7, 11) is -3.53. The molecular weight excluding hydrogens is 338 g/mol. The molecule has 3 aromatic rings. The molecule has 7 nitrogen and oxygen atoms in total. The highest BCUT2D eigenvalue weighted by molar-refractivity contribution is 7.89. The van der Waals surface area contributed by atoms with Crippen LogP contribution in [0.2, 0.25) is 0 Å². The SMILES string of the molecule is N#CCS(=O)(=O)N1CCCC(c2cncc3cnc4[nH]ccc4c23)C1. The number of hydrogen-bond acceptors (Lipinski definition) is 5. The summed E-state index contributed by atoms with van der Waals surface area (Å²) in [6.07, 6.45) is 8.93. The molecule has 3 aromatic heterocycles. The van der Waals surface area contributed by atoms with Crippen LogP contribution in [-0.4, -0.2) is 46.5 Å². The third-order valence-corrected chi connectivity index (χ3v) is 6.41. The topological polar surface area (TPSA) is 103 Å². The normalized spacial score (nSPS) is 19.2. The summed E-state index contributed by atoms with van der Waals surface area (Å²) in [5.74, 6) is -0.418. The molecule has 0 spiro atoms. The zero-order chi connectivity index (χ0) is 17.4. The highest BCUT2D eigenvalue weighted by Gasteiger charge is 2.30. The van der Waals surface area contributed by atoms with E-state index in [0.717, 1.165) is 40.2 Å². The largest absolute Gasteiger partial charge is 0.346 e. The van der Waals surface area contributed by atoms with Gasteiger partial charge in [0.2, 0.25) is 10.0 Å². The second kappa shape index (κ2) is 6.10. The van der Waals surface area contributed by atoms with Crippen molar-refractivity contribution in [1.82, 2.24) is 19.3 Å². The molecule has 1 unspecified atom stereocenters. The minimum absolute atomic E-state index is 0.0546. The first kappa shape index (κ1) is 16.0. The number of fused-ring (bicyclic) bond motifs is 3. The molecule has 25 heavy (non-hydrogen) atoms. The fourth-order valence-corrected chi connectivity index (χ4v) is 4.80. The third kappa shape index (κ3) is 2.75. The third-order valence-electron chi connectivity index (χ3n) is 4.80. The van der Waals surface area contributed by atoms with Crippen molar-refractivity contribution >= 4 is 31.8 Å². The van der Waals surface area contributed by atoms with E-state index in [1.165, 1.54) is 4.31 Å². The minimum Gasteiger partial charge on any atom is -0.346 e. The van der Waals surface area contributed by atoms with Crippen LogP contribution in [0, 0.1) is 11.3 Å². The molecule has 8 heteroatoms. The average Bonchev–Trinajstić information content (AvgIpc) is 3.10. The summed E-state index contributed by atoms with van der Waals surface area (Å²) in [6, 6.07) is 3.74. The van der Waals surface area contributed by atoms with Gasteiger partial charge in [-0.3, -0.25) is 4.98 Å². The standard InChI is InChI=1S/C17H17N5O2S/c18-4-7-25(23,24)22-6-1-2-12(11-22)15-10-19-8-13-9-21-17-14(16(13)15)3-5-20-17/h3,5,8-10,12H,1-2,6-7,11H2,(H,20,21). The molecule has 0 aliphatic carbocycles. The first-order chi connectivity index (χ1) is 12.1. The van der Waals surface area contributed by atoms with Crippen LogP contribution in [0.15, 0.2) is 30.9 Å². The Morgan fingerprint density at radius 3 is 3.08 bits per heavy atom. The maximum absolute atomic E-state index is 12.3. The Morgan fingerprint density at radius 2 is 2.24 bits per heavy atom. The van der Waals surface area contributed by atoms with Crippen molar-refractivity contribution in [3.63, 3.8) is 0 Å². The van der Waals surface area contributed by atoms with Gasteiger partial charge in [-0.05, 0) is 30.4 Å². The summed E-state index contributed by atoms with van der Waals surface area (Å²) < 4.78 is 26.0. The molecule has 0 radical (unpaired) electrons. The fourth-order valence-electron chi connectivity index (χ4n) is 3.64. The quantitative estimate of drug-likeness (QED) is 0.775. The maximum atomic E-state index is 12.3. The minimum atomic E-state index is -3.53. The van der Waals surface area contributed by atoms with E-state index < -0.39 is 15.8 Å². The molecule has 1 fully saturated rings. The van der Waals surface area contributed by atoms with Gasteiger partial charge in [-0.15, -0.1) is 0 Å². The van der Waals surface area contributed by atoms with E-state index in [4.69, 9.17) is 5.26 Å². The molecule has 1 aliphatic heterocycles. The van der Waals surface area contributed by atoms with Crippen molar-refractivity contribution in [2.45, 2.75) is 18.8 Å². The lowest BCUT2D eigenvalue weighted by molar-refractivity contribution is 0.317. The van der Waals surface area contributed by atoms with Gasteiger partial charge in [-0.25, -0.2) is 17.7 Å². The van der Waals surface area contributed by atoms with E-state index in [1.54, 1.807) is 18.5 Å². The van der Waals surface area contributed by atoms with Crippen LogP contribution in [0.5, 0.6) is 0 Å². The van der Waals surface area contributed by atoms with Crippen molar-refractivity contribution in [1.29, 1.82) is 5.26 Å². The van der Waals surface area contributed by atoms with Gasteiger partial charge in [0.15, 0.2) is 5.75 Å². The number of rotatable bonds is 3. The Labute approximate surface area is 145 Å². The summed E-state index contributed by atoms with van der Waals surface area (Å²) in [4.78, 5) is 11.8. The second-order valence-electron chi connectivity index (χ2n) is 6.30. The monoisotopic (exact) mass is 355 g/mol. The smallest absolute Gasteiger partial charge is 0.227 e. The number of aromatic nitrogens is 3. The van der Waals surface area contributed by atoms with Gasteiger partial charge in [0, 0.05) is 54.0 Å². The Bertz CT molecular complexity index is 1080. The predicted molar refractivity (Wildman–Crippen MR) is 94.3 cm³/mol. The van der Waals surface area contributed by atoms with E-state index >= 15 is 0 Å². The molecule has 1 aliphatic rings. The molecular formula is C17H17N5O2S. The van der Waals surface area contributed by atoms with Gasteiger partial charge in [0.05, 0.1) is 6.07 Å². The molecule has 1 saturated heterocycles. The van der Waals surface area contributed by atoms with Gasteiger partial charge in [-0.1, -0.05) is 0 Å². The van der Waals surface area contributed by atoms with Crippen LogP contribution in [0.1, 0.15) is 24.3 Å². The molecule has 0 saturated carbocycles. The van der Waals surface area contributed by atoms with Gasteiger partial charge < -0.3 is 4.98 Å². The van der Waals surface area contributed by atoms with Crippen LogP contribution < -0.4 is 0 Å². The van der Waals surface area contributed by atoms with E-state index in [-0.39, 0.29) is 5.92 Å². The number of aromatic amines is 1. The number of pyridine rings is 2. The first-order valence-electron chi connectivity index (χ1n) is 8.14. The maximum Gasteiger partial charge on any atom is 0.227 e. The van der Waals surface area contributed by atoms with Crippen molar-refractivity contribution in [3.8, 4) is 6.07 Å². The highest BCUT2D eigenvalue weighted by atomic mass is 32.2. The zero-order valence-corrected chi connectivity index (χ0v) is 14.3. The summed E-state index contributed by atoms with van der Waals surface area (Å²) in [5, 5.41) is 11.8. The number of sulfonamides is 1. The Kier molecular flexibility index (Phi) is 3.90. The summed E-state index contributed by atoms with van der Waals surface area (Å²) in [6.45, 7) is 0.860. The number of piperidine rings is 1. The van der Waals surface area contributed by atoms with Crippen molar-refractivity contribution in [2.75, 3.05) is 18.8 Å². The second-order valence-corrected chi connectivity index (χ2v) is 8.27. The molecule has 0 bridgehead atoms. The number of nitrogens with one attached hydrogen (secondary N) is 1. The first-order valence-corrected chi connectivity index (χ1v) is 9.75. The van der Waals surface area contributed by atoms with Crippen molar-refractivity contribution in [2.24, 2.45) is 0 Å². The van der Waals surface area contributed by atoms with Crippen LogP contribution in [-0.2, 0) is 10.0 Å².